The molecule has 124 valence electrons. The molecule has 0 radical (unpaired) electrons. The highest BCUT2D eigenvalue weighted by molar-refractivity contribution is 6.31. The van der Waals surface area contributed by atoms with E-state index in [1.807, 2.05) is 0 Å². The highest BCUT2D eigenvalue weighted by Gasteiger charge is 2.62. The zero-order valence-corrected chi connectivity index (χ0v) is 14.5. The average Bonchev–Trinajstić information content (AvgIpc) is 2.39. The highest BCUT2D eigenvalue weighted by Crippen LogP contribution is 2.69. The van der Waals surface area contributed by atoms with Crippen molar-refractivity contribution in [2.75, 3.05) is 5.32 Å². The normalized spacial score (nSPS) is 41.1. The van der Waals surface area contributed by atoms with Crippen molar-refractivity contribution >= 4 is 23.2 Å². The Morgan fingerprint density at radius 1 is 1.17 bits per heavy atom. The second-order valence-corrected chi connectivity index (χ2v) is 9.40. The molecule has 5 rings (SSSR count). The molecule has 4 fully saturated rings. The van der Waals surface area contributed by atoms with Crippen LogP contribution >= 0.6 is 11.6 Å². The van der Waals surface area contributed by atoms with Gasteiger partial charge in [-0.3, -0.25) is 4.79 Å². The minimum atomic E-state index is -0.459. The molecule has 4 saturated carbocycles. The maximum Gasteiger partial charge on any atom is 0.230 e. The highest BCUT2D eigenvalue weighted by atomic mass is 35.5. The third-order valence-corrected chi connectivity index (χ3v) is 6.58. The van der Waals surface area contributed by atoms with Crippen LogP contribution in [0, 0.1) is 28.0 Å². The molecule has 4 atom stereocenters. The van der Waals surface area contributed by atoms with E-state index in [0.29, 0.717) is 22.4 Å². The number of hydrogen-bond acceptors (Lipinski definition) is 1. The fraction of sp³-hybridized carbons (Fsp3) is 0.632. The summed E-state index contributed by atoms with van der Waals surface area (Å²) in [5.41, 5.74) is 0.925. The van der Waals surface area contributed by atoms with Gasteiger partial charge in [0.25, 0.3) is 0 Å². The lowest BCUT2D eigenvalue weighted by atomic mass is 9.40. The fourth-order valence-corrected chi connectivity index (χ4v) is 6.72. The lowest BCUT2D eigenvalue weighted by Crippen LogP contribution is -2.58. The predicted molar refractivity (Wildman–Crippen MR) is 89.9 cm³/mol. The first-order valence-electron chi connectivity index (χ1n) is 8.48. The number of rotatable bonds is 2. The molecule has 1 amide bonds. The largest absolute Gasteiger partial charge is 0.326 e. The van der Waals surface area contributed by atoms with Crippen molar-refractivity contribution in [3.05, 3.63) is 29.0 Å². The van der Waals surface area contributed by atoms with Crippen LogP contribution in [0.3, 0.4) is 0 Å². The van der Waals surface area contributed by atoms with Crippen molar-refractivity contribution in [1.82, 2.24) is 0 Å². The summed E-state index contributed by atoms with van der Waals surface area (Å²) in [7, 11) is 0. The zero-order valence-electron chi connectivity index (χ0n) is 13.7. The molecule has 4 heteroatoms. The molecule has 1 aromatic rings. The number of benzene rings is 1. The van der Waals surface area contributed by atoms with Crippen LogP contribution in [-0.4, -0.2) is 5.91 Å². The quantitative estimate of drug-likeness (QED) is 0.768. The first-order chi connectivity index (χ1) is 10.7. The first kappa shape index (κ1) is 15.4. The minimum Gasteiger partial charge on any atom is -0.326 e. The van der Waals surface area contributed by atoms with Crippen LogP contribution in [0.15, 0.2) is 18.2 Å². The number of carbonyl (C=O) groups excluding carboxylic acids is 1. The van der Waals surface area contributed by atoms with Crippen LogP contribution in [0.1, 0.15) is 52.4 Å². The Balaban J connectivity index is 1.61. The van der Waals surface area contributed by atoms with Crippen LogP contribution < -0.4 is 5.32 Å². The van der Waals surface area contributed by atoms with Gasteiger partial charge < -0.3 is 5.32 Å². The van der Waals surface area contributed by atoms with Crippen molar-refractivity contribution < 1.29 is 9.18 Å². The van der Waals surface area contributed by atoms with Gasteiger partial charge in [-0.1, -0.05) is 25.4 Å². The topological polar surface area (TPSA) is 29.1 Å². The monoisotopic (exact) mass is 335 g/mol. The van der Waals surface area contributed by atoms with Crippen LogP contribution in [0.5, 0.6) is 0 Å². The molecule has 0 spiro atoms. The summed E-state index contributed by atoms with van der Waals surface area (Å²) in [5, 5.41) is 3.06. The third kappa shape index (κ3) is 2.48. The van der Waals surface area contributed by atoms with E-state index in [9.17, 15) is 9.18 Å². The molecule has 4 bridgehead atoms. The van der Waals surface area contributed by atoms with Crippen LogP contribution in [-0.2, 0) is 4.79 Å². The minimum absolute atomic E-state index is 0.0484. The van der Waals surface area contributed by atoms with E-state index in [1.165, 1.54) is 31.4 Å². The standard InChI is InChI=1S/C19H23ClFNO/c1-17-6-12-7-18(2,9-17)11-19(8-12,10-17)16(23)22-13-3-4-15(21)14(20)5-13/h3-5,12H,6-11H2,1-2H3,(H,22,23)/t12?,17-,18+,19?. The maximum absolute atomic E-state index is 13.3. The van der Waals surface area contributed by atoms with Crippen molar-refractivity contribution in [3.8, 4) is 0 Å². The molecule has 4 aliphatic rings. The van der Waals surface area contributed by atoms with E-state index in [2.05, 4.69) is 19.2 Å². The van der Waals surface area contributed by atoms with Gasteiger partial charge >= 0.3 is 0 Å². The summed E-state index contributed by atoms with van der Waals surface area (Å²) < 4.78 is 13.3. The molecular weight excluding hydrogens is 313 g/mol. The predicted octanol–water partition coefficient (Wildman–Crippen LogP) is 5.41. The lowest BCUT2D eigenvalue weighted by Gasteiger charge is -2.64. The number of carbonyl (C=O) groups is 1. The van der Waals surface area contributed by atoms with Gasteiger partial charge in [-0.25, -0.2) is 4.39 Å². The summed E-state index contributed by atoms with van der Waals surface area (Å²) in [4.78, 5) is 13.1. The van der Waals surface area contributed by atoms with Crippen molar-refractivity contribution in [3.63, 3.8) is 0 Å². The van der Waals surface area contributed by atoms with E-state index < -0.39 is 5.82 Å². The van der Waals surface area contributed by atoms with E-state index in [1.54, 1.807) is 6.07 Å². The van der Waals surface area contributed by atoms with Gasteiger partial charge in [-0.05, 0) is 73.5 Å². The molecule has 2 nitrogen and oxygen atoms in total. The lowest BCUT2D eigenvalue weighted by molar-refractivity contribution is -0.165. The molecule has 1 aromatic carbocycles. The van der Waals surface area contributed by atoms with Crippen LogP contribution in [0.25, 0.3) is 0 Å². The molecule has 0 aliphatic heterocycles. The second kappa shape index (κ2) is 4.72. The van der Waals surface area contributed by atoms with Gasteiger partial charge in [0.05, 0.1) is 10.4 Å². The van der Waals surface area contributed by atoms with Crippen molar-refractivity contribution in [1.29, 1.82) is 0 Å². The Labute approximate surface area is 141 Å². The Hall–Kier alpha value is -1.09. The van der Waals surface area contributed by atoms with E-state index in [4.69, 9.17) is 11.6 Å². The van der Waals surface area contributed by atoms with Gasteiger partial charge in [-0.2, -0.15) is 0 Å². The van der Waals surface area contributed by atoms with E-state index in [-0.39, 0.29) is 16.3 Å². The molecule has 4 aliphatic carbocycles. The summed E-state index contributed by atoms with van der Waals surface area (Å²) in [5.74, 6) is 0.310. The first-order valence-corrected chi connectivity index (χ1v) is 8.85. The van der Waals surface area contributed by atoms with Crippen molar-refractivity contribution in [2.24, 2.45) is 22.2 Å². The third-order valence-electron chi connectivity index (χ3n) is 6.29. The molecule has 0 saturated heterocycles. The molecule has 2 unspecified atom stereocenters. The van der Waals surface area contributed by atoms with Crippen LogP contribution in [0.2, 0.25) is 5.02 Å². The van der Waals surface area contributed by atoms with Gasteiger partial charge in [-0.15, -0.1) is 0 Å². The number of anilines is 1. The molecular formula is C19H23ClFNO. The van der Waals surface area contributed by atoms with Crippen LogP contribution in [0.4, 0.5) is 10.1 Å². The number of hydrogen-bond donors (Lipinski definition) is 1. The number of amides is 1. The average molecular weight is 336 g/mol. The molecule has 1 N–H and O–H groups in total. The summed E-state index contributed by atoms with van der Waals surface area (Å²) >= 11 is 5.83. The summed E-state index contributed by atoms with van der Waals surface area (Å²) in [6.45, 7) is 4.71. The van der Waals surface area contributed by atoms with Gasteiger partial charge in [0.15, 0.2) is 0 Å². The molecule has 23 heavy (non-hydrogen) atoms. The smallest absolute Gasteiger partial charge is 0.230 e. The zero-order chi connectivity index (χ0) is 16.5. The number of nitrogens with one attached hydrogen (secondary N) is 1. The van der Waals surface area contributed by atoms with E-state index >= 15 is 0 Å². The molecule has 0 heterocycles. The van der Waals surface area contributed by atoms with Gasteiger partial charge in [0.1, 0.15) is 5.82 Å². The van der Waals surface area contributed by atoms with Gasteiger partial charge in [0, 0.05) is 5.69 Å². The second-order valence-electron chi connectivity index (χ2n) is 8.99. The Morgan fingerprint density at radius 2 is 1.83 bits per heavy atom. The Morgan fingerprint density at radius 3 is 2.39 bits per heavy atom. The fourth-order valence-electron chi connectivity index (χ4n) is 6.54. The van der Waals surface area contributed by atoms with Gasteiger partial charge in [0.2, 0.25) is 5.91 Å². The van der Waals surface area contributed by atoms with E-state index in [0.717, 1.165) is 19.3 Å². The Kier molecular flexibility index (Phi) is 3.17. The van der Waals surface area contributed by atoms with Crippen molar-refractivity contribution in [2.45, 2.75) is 52.4 Å². The number of halogens is 2. The summed E-state index contributed by atoms with van der Waals surface area (Å²) in [6, 6.07) is 4.39. The Bertz CT molecular complexity index is 670. The SMILES string of the molecule is C[C@]12CC3CC(C(=O)Nc4ccc(F)c(Cl)c4)(C1)C[C@@](C)(C3)C2. The maximum atomic E-state index is 13.3. The summed E-state index contributed by atoms with van der Waals surface area (Å²) in [6.07, 6.45) is 6.73. The molecule has 0 aromatic heterocycles.